The van der Waals surface area contributed by atoms with E-state index in [9.17, 15) is 5.26 Å². The van der Waals surface area contributed by atoms with Gasteiger partial charge in [0.1, 0.15) is 5.54 Å². The van der Waals surface area contributed by atoms with Gasteiger partial charge < -0.3 is 4.90 Å². The van der Waals surface area contributed by atoms with E-state index in [-0.39, 0.29) is 5.54 Å². The van der Waals surface area contributed by atoms with Gasteiger partial charge in [0.25, 0.3) is 0 Å². The molecule has 0 bridgehead atoms. The Balaban J connectivity index is 1.73. The molecule has 1 heterocycles. The van der Waals surface area contributed by atoms with Gasteiger partial charge in [-0.05, 0) is 64.6 Å². The minimum absolute atomic E-state index is 0.257. The summed E-state index contributed by atoms with van der Waals surface area (Å²) in [6.45, 7) is 5.85. The molecule has 0 amide bonds. The highest BCUT2D eigenvalue weighted by molar-refractivity contribution is 5.09. The van der Waals surface area contributed by atoms with Crippen LogP contribution in [0.4, 0.5) is 0 Å². The van der Waals surface area contributed by atoms with Crippen molar-refractivity contribution in [1.82, 2.24) is 10.2 Å². The summed E-state index contributed by atoms with van der Waals surface area (Å²) in [4.78, 5) is 2.60. The Morgan fingerprint density at radius 3 is 2.42 bits per heavy atom. The van der Waals surface area contributed by atoms with Gasteiger partial charge in [-0.1, -0.05) is 19.8 Å². The number of hydrogen-bond acceptors (Lipinski definition) is 3. The molecule has 3 nitrogen and oxygen atoms in total. The third kappa shape index (κ3) is 4.78. The molecule has 2 rings (SSSR count). The summed E-state index contributed by atoms with van der Waals surface area (Å²) in [5.41, 5.74) is -0.257. The lowest BCUT2D eigenvalue weighted by Gasteiger charge is -2.28. The average molecular weight is 263 g/mol. The summed E-state index contributed by atoms with van der Waals surface area (Å²) in [7, 11) is 0. The number of nitrogens with zero attached hydrogens (tertiary/aromatic N) is 2. The van der Waals surface area contributed by atoms with Crippen LogP contribution in [0.25, 0.3) is 0 Å². The van der Waals surface area contributed by atoms with Gasteiger partial charge in [0.15, 0.2) is 0 Å². The number of hydrogen-bond donors (Lipinski definition) is 1. The van der Waals surface area contributed by atoms with Crippen molar-refractivity contribution in [3.8, 4) is 6.07 Å². The fourth-order valence-electron chi connectivity index (χ4n) is 3.10. The highest BCUT2D eigenvalue weighted by atomic mass is 15.1. The Morgan fingerprint density at radius 1 is 1.21 bits per heavy atom. The van der Waals surface area contributed by atoms with Gasteiger partial charge in [-0.2, -0.15) is 5.26 Å². The normalized spacial score (nSPS) is 24.4. The van der Waals surface area contributed by atoms with Crippen molar-refractivity contribution in [3.05, 3.63) is 0 Å². The maximum absolute atomic E-state index is 9.51. The Kier molecular flexibility index (Phi) is 5.66. The van der Waals surface area contributed by atoms with E-state index >= 15 is 0 Å². The zero-order valence-electron chi connectivity index (χ0n) is 12.5. The van der Waals surface area contributed by atoms with Crippen molar-refractivity contribution in [2.45, 2.75) is 76.3 Å². The van der Waals surface area contributed by atoms with Crippen molar-refractivity contribution < 1.29 is 0 Å². The minimum atomic E-state index is -0.257. The number of nitrogens with one attached hydrogen (secondary N) is 1. The summed E-state index contributed by atoms with van der Waals surface area (Å²) < 4.78 is 0. The van der Waals surface area contributed by atoms with E-state index in [0.29, 0.717) is 6.04 Å². The number of likely N-dealkylation sites (tertiary alicyclic amines) is 1. The fourth-order valence-corrected chi connectivity index (χ4v) is 3.10. The predicted molar refractivity (Wildman–Crippen MR) is 78.9 cm³/mol. The molecule has 1 unspecified atom stereocenters. The Morgan fingerprint density at radius 2 is 1.89 bits per heavy atom. The lowest BCUT2D eigenvalue weighted by molar-refractivity contribution is 0.260. The first-order chi connectivity index (χ1) is 9.28. The minimum Gasteiger partial charge on any atom is -0.303 e. The average Bonchev–Trinajstić information content (AvgIpc) is 3.25. The van der Waals surface area contributed by atoms with E-state index in [4.69, 9.17) is 0 Å². The van der Waals surface area contributed by atoms with Crippen LogP contribution in [0.1, 0.15) is 64.7 Å². The number of nitriles is 1. The van der Waals surface area contributed by atoms with Crippen LogP contribution in [0.3, 0.4) is 0 Å². The van der Waals surface area contributed by atoms with Gasteiger partial charge in [-0.25, -0.2) is 0 Å². The molecule has 1 saturated heterocycles. The van der Waals surface area contributed by atoms with E-state index in [1.165, 1.54) is 58.2 Å². The number of rotatable bonds is 7. The highest BCUT2D eigenvalue weighted by Crippen LogP contribution is 2.26. The largest absolute Gasteiger partial charge is 0.303 e. The molecule has 0 aromatic heterocycles. The molecule has 1 aliphatic heterocycles. The topological polar surface area (TPSA) is 39.1 Å². The standard InChI is InChI=1S/C16H29N3/c1-2-16(14-17,18-15-8-9-15)10-7-13-19-11-5-3-4-6-12-19/h15,18H,2-13H2,1H3. The summed E-state index contributed by atoms with van der Waals surface area (Å²) in [6.07, 6.45) is 11.1. The SMILES string of the molecule is CCC(C#N)(CCCN1CCCCCC1)NC1CC1. The van der Waals surface area contributed by atoms with Crippen LogP contribution in [0.5, 0.6) is 0 Å². The molecule has 1 saturated carbocycles. The van der Waals surface area contributed by atoms with Gasteiger partial charge in [0, 0.05) is 6.04 Å². The van der Waals surface area contributed by atoms with Crippen LogP contribution in [0.2, 0.25) is 0 Å². The highest BCUT2D eigenvalue weighted by Gasteiger charge is 2.34. The molecule has 1 N–H and O–H groups in total. The van der Waals surface area contributed by atoms with E-state index in [1.54, 1.807) is 0 Å². The quantitative estimate of drug-likeness (QED) is 0.767. The Hall–Kier alpha value is -0.590. The van der Waals surface area contributed by atoms with E-state index in [0.717, 1.165) is 19.3 Å². The van der Waals surface area contributed by atoms with E-state index in [1.807, 2.05) is 0 Å². The van der Waals surface area contributed by atoms with Crippen LogP contribution in [-0.2, 0) is 0 Å². The van der Waals surface area contributed by atoms with Crippen LogP contribution in [0, 0.1) is 11.3 Å². The zero-order chi connectivity index (χ0) is 13.6. The second kappa shape index (κ2) is 7.26. The first-order valence-electron chi connectivity index (χ1n) is 8.19. The molecule has 19 heavy (non-hydrogen) atoms. The summed E-state index contributed by atoms with van der Waals surface area (Å²) in [5.74, 6) is 0. The first kappa shape index (κ1) is 14.8. The molecular weight excluding hydrogens is 234 g/mol. The van der Waals surface area contributed by atoms with Gasteiger partial charge >= 0.3 is 0 Å². The Labute approximate surface area is 118 Å². The Bertz CT molecular complexity index is 298. The molecule has 0 spiro atoms. The summed E-state index contributed by atoms with van der Waals surface area (Å²) in [6, 6.07) is 3.18. The van der Waals surface area contributed by atoms with Gasteiger partial charge in [-0.15, -0.1) is 0 Å². The van der Waals surface area contributed by atoms with Crippen LogP contribution in [0.15, 0.2) is 0 Å². The van der Waals surface area contributed by atoms with Crippen molar-refractivity contribution in [2.75, 3.05) is 19.6 Å². The molecule has 108 valence electrons. The molecule has 0 aromatic rings. The van der Waals surface area contributed by atoms with Crippen molar-refractivity contribution in [3.63, 3.8) is 0 Å². The third-order valence-electron chi connectivity index (χ3n) is 4.65. The maximum Gasteiger partial charge on any atom is 0.106 e. The van der Waals surface area contributed by atoms with Gasteiger partial charge in [-0.3, -0.25) is 5.32 Å². The molecule has 3 heteroatoms. The van der Waals surface area contributed by atoms with Gasteiger partial charge in [0.05, 0.1) is 6.07 Å². The monoisotopic (exact) mass is 263 g/mol. The van der Waals surface area contributed by atoms with Gasteiger partial charge in [0.2, 0.25) is 0 Å². The smallest absolute Gasteiger partial charge is 0.106 e. The fraction of sp³-hybridized carbons (Fsp3) is 0.938. The summed E-state index contributed by atoms with van der Waals surface area (Å²) in [5, 5.41) is 13.1. The second-order valence-electron chi connectivity index (χ2n) is 6.33. The lowest BCUT2D eigenvalue weighted by atomic mass is 9.91. The third-order valence-corrected chi connectivity index (χ3v) is 4.65. The van der Waals surface area contributed by atoms with Crippen LogP contribution < -0.4 is 5.32 Å². The molecule has 1 aliphatic carbocycles. The predicted octanol–water partition coefficient (Wildman–Crippen LogP) is 3.07. The second-order valence-corrected chi connectivity index (χ2v) is 6.33. The van der Waals surface area contributed by atoms with E-state index < -0.39 is 0 Å². The van der Waals surface area contributed by atoms with Crippen molar-refractivity contribution in [1.29, 1.82) is 5.26 Å². The molecule has 2 fully saturated rings. The van der Waals surface area contributed by atoms with Crippen molar-refractivity contribution >= 4 is 0 Å². The van der Waals surface area contributed by atoms with E-state index in [2.05, 4.69) is 23.2 Å². The molecule has 0 radical (unpaired) electrons. The van der Waals surface area contributed by atoms with Crippen LogP contribution in [-0.4, -0.2) is 36.1 Å². The maximum atomic E-state index is 9.51. The lowest BCUT2D eigenvalue weighted by Crippen LogP contribution is -2.45. The molecule has 0 aromatic carbocycles. The first-order valence-corrected chi connectivity index (χ1v) is 8.19. The molecule has 2 aliphatic rings. The zero-order valence-corrected chi connectivity index (χ0v) is 12.5. The van der Waals surface area contributed by atoms with Crippen molar-refractivity contribution in [2.24, 2.45) is 0 Å². The molecular formula is C16H29N3. The molecule has 1 atom stereocenters. The summed E-state index contributed by atoms with van der Waals surface area (Å²) >= 11 is 0. The van der Waals surface area contributed by atoms with Crippen LogP contribution >= 0.6 is 0 Å².